The second kappa shape index (κ2) is 16.1. The molecule has 0 aliphatic heterocycles. The van der Waals surface area contributed by atoms with Gasteiger partial charge < -0.3 is 19.5 Å². The van der Waals surface area contributed by atoms with E-state index in [-0.39, 0.29) is 17.2 Å². The van der Waals surface area contributed by atoms with Gasteiger partial charge in [0.25, 0.3) is 0 Å². The van der Waals surface area contributed by atoms with Crippen molar-refractivity contribution in [3.63, 3.8) is 0 Å². The predicted molar refractivity (Wildman–Crippen MR) is 179 cm³/mol. The molecule has 6 rings (SSSR count). The Bertz CT molecular complexity index is 1980. The number of pyridine rings is 3. The van der Waals surface area contributed by atoms with E-state index in [2.05, 4.69) is 56.3 Å². The number of halogens is 9. The standard InChI is InChI=1S/C11H9BF3NO3.C11H7BrF3NO.C9H5BrClN/c13-11(14,15)6-19-10-4-1-7-5-8(12(17)18)2-3-9(7)16-10;12-8-2-3-9-7(5-8)1-4-10(16-9)17-6-11(13,14)15;10-7-2-3-8-6(5-7)1-4-9(11)12-8/h1-5,17-18H,6H2;1-5H,6H2;1-5H. The molecule has 0 radical (unpaired) electrons. The van der Waals surface area contributed by atoms with Crippen LogP contribution in [0.3, 0.4) is 0 Å². The molecular formula is C31H21BBr2ClF6N3O4. The van der Waals surface area contributed by atoms with Crippen LogP contribution >= 0.6 is 43.5 Å². The molecule has 0 amide bonds. The van der Waals surface area contributed by atoms with Crippen molar-refractivity contribution in [2.24, 2.45) is 0 Å². The maximum absolute atomic E-state index is 12.0. The molecule has 17 heteroatoms. The van der Waals surface area contributed by atoms with Gasteiger partial charge in [0.05, 0.1) is 16.6 Å². The van der Waals surface area contributed by atoms with Crippen LogP contribution < -0.4 is 14.9 Å². The number of hydrogen-bond acceptors (Lipinski definition) is 7. The number of aromatic nitrogens is 3. The lowest BCUT2D eigenvalue weighted by Gasteiger charge is -2.09. The molecule has 0 spiro atoms. The van der Waals surface area contributed by atoms with Crippen LogP contribution in [-0.2, 0) is 0 Å². The number of hydrogen-bond donors (Lipinski definition) is 2. The fourth-order valence-electron chi connectivity index (χ4n) is 3.91. The fraction of sp³-hybridized carbons (Fsp3) is 0.129. The lowest BCUT2D eigenvalue weighted by atomic mass is 9.80. The van der Waals surface area contributed by atoms with Crippen molar-refractivity contribution in [2.45, 2.75) is 12.4 Å². The Labute approximate surface area is 290 Å². The molecule has 0 fully saturated rings. The zero-order valence-corrected chi connectivity index (χ0v) is 28.0. The zero-order valence-electron chi connectivity index (χ0n) is 24.1. The van der Waals surface area contributed by atoms with E-state index >= 15 is 0 Å². The molecule has 3 aromatic heterocycles. The summed E-state index contributed by atoms with van der Waals surface area (Å²) in [6.07, 6.45) is -8.77. The number of benzene rings is 3. The van der Waals surface area contributed by atoms with E-state index < -0.39 is 32.7 Å². The van der Waals surface area contributed by atoms with Crippen molar-refractivity contribution in [1.29, 1.82) is 0 Å². The Balaban J connectivity index is 0.000000166. The van der Waals surface area contributed by atoms with Gasteiger partial charge in [-0.1, -0.05) is 55.6 Å². The second-order valence-corrected chi connectivity index (χ2v) is 12.0. The quantitative estimate of drug-likeness (QED) is 0.102. The van der Waals surface area contributed by atoms with E-state index in [1.165, 1.54) is 36.4 Å². The summed E-state index contributed by atoms with van der Waals surface area (Å²) in [7, 11) is -1.61. The van der Waals surface area contributed by atoms with Crippen molar-refractivity contribution >= 4 is 88.8 Å². The third-order valence-corrected chi connectivity index (χ3v) is 7.19. The van der Waals surface area contributed by atoms with Crippen LogP contribution in [0.1, 0.15) is 0 Å². The molecule has 7 nitrogen and oxygen atoms in total. The van der Waals surface area contributed by atoms with Gasteiger partial charge in [0, 0.05) is 37.2 Å². The summed E-state index contributed by atoms with van der Waals surface area (Å²) in [5, 5.41) is 21.0. The average Bonchev–Trinajstić information content (AvgIpc) is 3.02. The van der Waals surface area contributed by atoms with Gasteiger partial charge in [-0.3, -0.25) is 0 Å². The first kappa shape index (κ1) is 37.1. The molecule has 0 aliphatic rings. The molecule has 3 heterocycles. The summed E-state index contributed by atoms with van der Waals surface area (Å²) in [5.41, 5.74) is 2.20. The van der Waals surface area contributed by atoms with Gasteiger partial charge in [-0.15, -0.1) is 0 Å². The number of ether oxygens (including phenoxy) is 2. The molecule has 48 heavy (non-hydrogen) atoms. The van der Waals surface area contributed by atoms with Gasteiger partial charge >= 0.3 is 19.5 Å². The molecule has 0 aliphatic carbocycles. The predicted octanol–water partition coefficient (Wildman–Crippen LogP) is 8.44. The van der Waals surface area contributed by atoms with Crippen LogP contribution in [0.2, 0.25) is 5.15 Å². The van der Waals surface area contributed by atoms with Crippen molar-refractivity contribution in [1.82, 2.24) is 15.0 Å². The van der Waals surface area contributed by atoms with E-state index in [1.807, 2.05) is 30.3 Å². The molecule has 2 N–H and O–H groups in total. The molecule has 6 aromatic rings. The highest BCUT2D eigenvalue weighted by Gasteiger charge is 2.29. The van der Waals surface area contributed by atoms with Gasteiger partial charge in [-0.2, -0.15) is 26.3 Å². The third kappa shape index (κ3) is 11.8. The van der Waals surface area contributed by atoms with E-state index in [0.717, 1.165) is 25.2 Å². The highest BCUT2D eigenvalue weighted by molar-refractivity contribution is 9.10. The zero-order chi connectivity index (χ0) is 35.1. The Kier molecular flexibility index (Phi) is 12.5. The molecule has 0 atom stereocenters. The average molecular weight is 820 g/mol. The summed E-state index contributed by atoms with van der Waals surface area (Å²) in [6.45, 7) is -2.74. The first-order valence-corrected chi connectivity index (χ1v) is 15.5. The molecule has 250 valence electrons. The van der Waals surface area contributed by atoms with Crippen LogP contribution in [0.15, 0.2) is 99.9 Å². The SMILES string of the molecule is Clc1ccc2cc(Br)ccc2n1.FC(F)(F)COc1ccc2cc(Br)ccc2n1.OB(O)c1ccc2nc(OCC(F)(F)F)ccc2c1. The maximum atomic E-state index is 12.0. The summed E-state index contributed by atoms with van der Waals surface area (Å²) < 4.78 is 82.8. The van der Waals surface area contributed by atoms with Gasteiger partial charge in [0.15, 0.2) is 13.2 Å². The van der Waals surface area contributed by atoms with Crippen LogP contribution in [0.25, 0.3) is 32.7 Å². The maximum Gasteiger partial charge on any atom is 0.488 e. The van der Waals surface area contributed by atoms with Crippen LogP contribution in [0, 0.1) is 0 Å². The highest BCUT2D eigenvalue weighted by Crippen LogP contribution is 2.23. The third-order valence-electron chi connectivity index (χ3n) is 6.00. The first-order valence-electron chi connectivity index (χ1n) is 13.5. The van der Waals surface area contributed by atoms with E-state index in [1.54, 1.807) is 24.3 Å². The molecule has 0 bridgehead atoms. The minimum absolute atomic E-state index is 0.0304. The van der Waals surface area contributed by atoms with Crippen LogP contribution in [0.4, 0.5) is 26.3 Å². The van der Waals surface area contributed by atoms with Gasteiger partial charge in [-0.05, 0) is 72.2 Å². The fourth-order valence-corrected chi connectivity index (χ4v) is 4.82. The van der Waals surface area contributed by atoms with Gasteiger partial charge in [-0.25, -0.2) is 15.0 Å². The van der Waals surface area contributed by atoms with E-state index in [0.29, 0.717) is 21.6 Å². The molecule has 0 unspecified atom stereocenters. The van der Waals surface area contributed by atoms with Crippen molar-refractivity contribution in [3.05, 3.63) is 105 Å². The molecule has 0 saturated heterocycles. The number of nitrogens with zero attached hydrogens (tertiary/aromatic N) is 3. The highest BCUT2D eigenvalue weighted by atomic mass is 79.9. The topological polar surface area (TPSA) is 97.6 Å². The van der Waals surface area contributed by atoms with Crippen molar-refractivity contribution in [2.75, 3.05) is 13.2 Å². The summed E-state index contributed by atoms with van der Waals surface area (Å²) in [5.74, 6) is -0.167. The largest absolute Gasteiger partial charge is 0.488 e. The smallest absolute Gasteiger partial charge is 0.468 e. The Morgan fingerprint density at radius 2 is 1.00 bits per heavy atom. The summed E-state index contributed by atoms with van der Waals surface area (Å²) in [4.78, 5) is 12.0. The lowest BCUT2D eigenvalue weighted by molar-refractivity contribution is -0.154. The lowest BCUT2D eigenvalue weighted by Crippen LogP contribution is -2.29. The van der Waals surface area contributed by atoms with Crippen molar-refractivity contribution < 1.29 is 45.9 Å². The van der Waals surface area contributed by atoms with Crippen LogP contribution in [0.5, 0.6) is 11.8 Å². The Hall–Kier alpha value is -3.70. The monoisotopic (exact) mass is 817 g/mol. The molecular weight excluding hydrogens is 798 g/mol. The minimum atomic E-state index is -4.42. The minimum Gasteiger partial charge on any atom is -0.468 e. The Morgan fingerprint density at radius 1 is 0.583 bits per heavy atom. The molecule has 3 aromatic carbocycles. The second-order valence-electron chi connectivity index (χ2n) is 9.74. The van der Waals surface area contributed by atoms with E-state index in [9.17, 15) is 26.3 Å². The van der Waals surface area contributed by atoms with Crippen molar-refractivity contribution in [3.8, 4) is 11.8 Å². The van der Waals surface area contributed by atoms with Crippen LogP contribution in [-0.4, -0.2) is 57.7 Å². The number of rotatable bonds is 5. The molecule has 0 saturated carbocycles. The summed E-state index contributed by atoms with van der Waals surface area (Å²) in [6, 6.07) is 25.2. The number of alkyl halides is 6. The summed E-state index contributed by atoms with van der Waals surface area (Å²) >= 11 is 12.4. The normalized spacial score (nSPS) is 11.4. The van der Waals surface area contributed by atoms with Gasteiger partial charge in [0.1, 0.15) is 5.15 Å². The first-order chi connectivity index (χ1) is 22.5. The van der Waals surface area contributed by atoms with Gasteiger partial charge in [0.2, 0.25) is 11.8 Å². The number of fused-ring (bicyclic) bond motifs is 3. The van der Waals surface area contributed by atoms with E-state index in [4.69, 9.17) is 21.6 Å². The Morgan fingerprint density at radius 3 is 1.46 bits per heavy atom.